The molecule has 0 saturated heterocycles. The van der Waals surface area contributed by atoms with Crippen molar-refractivity contribution in [2.45, 2.75) is 12.8 Å². The lowest BCUT2D eigenvalue weighted by atomic mass is 10.1. The molecule has 6 rings (SSSR count). The number of hydrogen-bond donors (Lipinski definition) is 4. The molecular formula is C35H32BrN7O6. The second kappa shape index (κ2) is 15.7. The third-order valence-electron chi connectivity index (χ3n) is 7.87. The third kappa shape index (κ3) is 8.27. The van der Waals surface area contributed by atoms with Crippen molar-refractivity contribution in [2.75, 3.05) is 37.9 Å². The van der Waals surface area contributed by atoms with Crippen LogP contribution in [0.3, 0.4) is 0 Å². The fraction of sp³-hybridized carbons (Fsp3) is 0.171. The number of H-pyrrole nitrogens is 2. The van der Waals surface area contributed by atoms with Crippen molar-refractivity contribution in [2.24, 2.45) is 0 Å². The Hall–Kier alpha value is -6.07. The number of anilines is 2. The van der Waals surface area contributed by atoms with Gasteiger partial charge in [-0.1, -0.05) is 0 Å². The molecule has 0 fully saturated rings. The SMILES string of the molecule is COc1ccc2[nH]cc(CCNc3ccc([N+](=O)[O-])cc3Br)c2c1.COc1ccc2[nH]cc(CCNc3ccc([N+](=O)[O-])cc3C#N)c2c1. The maximum absolute atomic E-state index is 10.8. The Labute approximate surface area is 289 Å². The van der Waals surface area contributed by atoms with E-state index in [1.165, 1.54) is 29.8 Å². The standard InChI is InChI=1S/C18H16N4O3.C17H16BrN3O3/c1-25-15-3-5-18-16(9-15)12(11-21-18)6-7-20-17-4-2-14(22(23)24)8-13(17)10-19;1-24-13-3-5-16-14(9-13)11(10-20-16)6-7-19-17-4-2-12(21(22)23)8-15(17)18/h2-5,8-9,11,20-21H,6-7H2,1H3;2-5,8-10,19-20H,6-7H2,1H3. The van der Waals surface area contributed by atoms with Crippen LogP contribution in [0.2, 0.25) is 0 Å². The van der Waals surface area contributed by atoms with E-state index in [-0.39, 0.29) is 16.9 Å². The molecule has 0 aliphatic heterocycles. The summed E-state index contributed by atoms with van der Waals surface area (Å²) in [5, 5.41) is 39.4. The van der Waals surface area contributed by atoms with Crippen LogP contribution >= 0.6 is 15.9 Å². The maximum Gasteiger partial charge on any atom is 0.270 e. The molecule has 0 bridgehead atoms. The summed E-state index contributed by atoms with van der Waals surface area (Å²) < 4.78 is 11.2. The van der Waals surface area contributed by atoms with E-state index in [4.69, 9.17) is 9.47 Å². The lowest BCUT2D eigenvalue weighted by Crippen LogP contribution is -2.06. The molecule has 14 heteroatoms. The van der Waals surface area contributed by atoms with Gasteiger partial charge in [0.1, 0.15) is 17.6 Å². The molecule has 4 N–H and O–H groups in total. The first-order valence-electron chi connectivity index (χ1n) is 15.1. The number of nitro benzene ring substituents is 2. The summed E-state index contributed by atoms with van der Waals surface area (Å²) in [4.78, 5) is 27.1. The summed E-state index contributed by atoms with van der Waals surface area (Å²) >= 11 is 3.36. The zero-order valence-electron chi connectivity index (χ0n) is 26.6. The lowest BCUT2D eigenvalue weighted by Gasteiger charge is -2.08. The number of methoxy groups -OCH3 is 2. The van der Waals surface area contributed by atoms with Gasteiger partial charge in [0, 0.05) is 81.7 Å². The molecule has 250 valence electrons. The average molecular weight is 727 g/mol. The van der Waals surface area contributed by atoms with Crippen LogP contribution in [0.4, 0.5) is 22.7 Å². The number of hydrogen-bond acceptors (Lipinski definition) is 9. The van der Waals surface area contributed by atoms with Crippen molar-refractivity contribution in [3.63, 3.8) is 0 Å². The van der Waals surface area contributed by atoms with Gasteiger partial charge in [-0.25, -0.2) is 0 Å². The first-order chi connectivity index (χ1) is 23.7. The number of nitro groups is 2. The number of rotatable bonds is 12. The molecule has 0 saturated carbocycles. The molecule has 0 radical (unpaired) electrons. The molecule has 4 aromatic carbocycles. The molecule has 49 heavy (non-hydrogen) atoms. The first kappa shape index (κ1) is 34.3. The van der Waals surface area contributed by atoms with Gasteiger partial charge >= 0.3 is 0 Å². The number of fused-ring (bicyclic) bond motifs is 2. The minimum atomic E-state index is -0.510. The number of nitrogens with one attached hydrogen (secondary N) is 4. The van der Waals surface area contributed by atoms with E-state index in [1.54, 1.807) is 26.4 Å². The molecule has 2 aromatic heterocycles. The summed E-state index contributed by atoms with van der Waals surface area (Å²) in [6.45, 7) is 1.30. The van der Waals surface area contributed by atoms with Crippen LogP contribution in [0.15, 0.2) is 89.7 Å². The Kier molecular flexibility index (Phi) is 11.0. The van der Waals surface area contributed by atoms with E-state index in [1.807, 2.05) is 54.9 Å². The maximum atomic E-state index is 10.8. The van der Waals surface area contributed by atoms with E-state index in [0.29, 0.717) is 23.2 Å². The molecule has 0 amide bonds. The second-order valence-electron chi connectivity index (χ2n) is 10.8. The molecule has 0 atom stereocenters. The van der Waals surface area contributed by atoms with Gasteiger partial charge in [0.2, 0.25) is 0 Å². The molecule has 0 spiro atoms. The van der Waals surface area contributed by atoms with Crippen LogP contribution in [-0.4, -0.2) is 47.1 Å². The molecular weight excluding hydrogens is 694 g/mol. The number of benzene rings is 4. The second-order valence-corrected chi connectivity index (χ2v) is 11.7. The lowest BCUT2D eigenvalue weighted by molar-refractivity contribution is -0.385. The number of nitriles is 1. The number of halogens is 1. The van der Waals surface area contributed by atoms with E-state index in [0.717, 1.165) is 57.4 Å². The van der Waals surface area contributed by atoms with Crippen LogP contribution in [0.5, 0.6) is 11.5 Å². The highest BCUT2D eigenvalue weighted by Gasteiger charge is 2.12. The fourth-order valence-electron chi connectivity index (χ4n) is 5.30. The Balaban J connectivity index is 0.000000191. The summed E-state index contributed by atoms with van der Waals surface area (Å²) in [6, 6.07) is 22.7. The zero-order chi connectivity index (χ0) is 34.9. The van der Waals surface area contributed by atoms with E-state index >= 15 is 0 Å². The fourth-order valence-corrected chi connectivity index (χ4v) is 5.81. The van der Waals surface area contributed by atoms with E-state index < -0.39 is 9.85 Å². The summed E-state index contributed by atoms with van der Waals surface area (Å²) in [6.07, 6.45) is 5.50. The van der Waals surface area contributed by atoms with Crippen molar-refractivity contribution >= 4 is 60.5 Å². The van der Waals surface area contributed by atoms with E-state index in [9.17, 15) is 25.5 Å². The highest BCUT2D eigenvalue weighted by molar-refractivity contribution is 9.10. The van der Waals surface area contributed by atoms with Gasteiger partial charge in [0.25, 0.3) is 11.4 Å². The number of aromatic nitrogens is 2. The topological polar surface area (TPSA) is 184 Å². The number of non-ortho nitro benzene ring substituents is 2. The van der Waals surface area contributed by atoms with Gasteiger partial charge in [-0.05, 0) is 88.4 Å². The number of ether oxygens (including phenoxy) is 2. The largest absolute Gasteiger partial charge is 0.497 e. The predicted octanol–water partition coefficient (Wildman–Crippen LogP) is 8.11. The van der Waals surface area contributed by atoms with Gasteiger partial charge in [-0.2, -0.15) is 5.26 Å². The van der Waals surface area contributed by atoms with Gasteiger partial charge in [0.15, 0.2) is 0 Å². The third-order valence-corrected chi connectivity index (χ3v) is 8.52. The van der Waals surface area contributed by atoms with Gasteiger partial charge in [0.05, 0.1) is 35.3 Å². The minimum absolute atomic E-state index is 0.0659. The molecule has 0 aliphatic carbocycles. The summed E-state index contributed by atoms with van der Waals surface area (Å²) in [5.74, 6) is 1.62. The Bertz CT molecular complexity index is 2170. The van der Waals surface area contributed by atoms with Crippen molar-refractivity contribution < 1.29 is 19.3 Å². The Morgan fingerprint density at radius 2 is 1.22 bits per heavy atom. The van der Waals surface area contributed by atoms with Crippen LogP contribution < -0.4 is 20.1 Å². The smallest absolute Gasteiger partial charge is 0.270 e. The van der Waals surface area contributed by atoms with E-state index in [2.05, 4.69) is 36.5 Å². The molecule has 0 unspecified atom stereocenters. The zero-order valence-corrected chi connectivity index (χ0v) is 28.2. The molecule has 0 aliphatic rings. The monoisotopic (exact) mass is 725 g/mol. The Morgan fingerprint density at radius 3 is 1.69 bits per heavy atom. The normalized spacial score (nSPS) is 10.6. The first-order valence-corrected chi connectivity index (χ1v) is 15.9. The molecule has 13 nitrogen and oxygen atoms in total. The van der Waals surface area contributed by atoms with Crippen LogP contribution in [0, 0.1) is 31.6 Å². The quantitative estimate of drug-likeness (QED) is 0.0714. The van der Waals surface area contributed by atoms with Crippen LogP contribution in [-0.2, 0) is 12.8 Å². The van der Waals surface area contributed by atoms with Crippen LogP contribution in [0.1, 0.15) is 16.7 Å². The summed E-state index contributed by atoms with van der Waals surface area (Å²) in [7, 11) is 3.29. The highest BCUT2D eigenvalue weighted by atomic mass is 79.9. The summed E-state index contributed by atoms with van der Waals surface area (Å²) in [5.41, 5.74) is 6.07. The van der Waals surface area contributed by atoms with Crippen molar-refractivity contribution in [3.8, 4) is 17.6 Å². The molecule has 2 heterocycles. The minimum Gasteiger partial charge on any atom is -0.497 e. The number of nitrogens with zero attached hydrogens (tertiary/aromatic N) is 3. The van der Waals surface area contributed by atoms with Gasteiger partial charge in [-0.3, -0.25) is 20.2 Å². The van der Waals surface area contributed by atoms with Gasteiger partial charge < -0.3 is 30.1 Å². The van der Waals surface area contributed by atoms with Crippen molar-refractivity contribution in [1.82, 2.24) is 9.97 Å². The predicted molar refractivity (Wildman–Crippen MR) is 193 cm³/mol. The number of aromatic amines is 2. The van der Waals surface area contributed by atoms with Gasteiger partial charge in [-0.15, -0.1) is 0 Å². The highest BCUT2D eigenvalue weighted by Crippen LogP contribution is 2.29. The molecule has 6 aromatic rings. The van der Waals surface area contributed by atoms with Crippen LogP contribution in [0.25, 0.3) is 21.8 Å². The Morgan fingerprint density at radius 1 is 0.735 bits per heavy atom. The van der Waals surface area contributed by atoms with Crippen molar-refractivity contribution in [3.05, 3.63) is 127 Å². The average Bonchev–Trinajstić information content (AvgIpc) is 3.72. The van der Waals surface area contributed by atoms with Crippen molar-refractivity contribution in [1.29, 1.82) is 5.26 Å².